The van der Waals surface area contributed by atoms with Gasteiger partial charge >= 0.3 is 6.03 Å². The van der Waals surface area contributed by atoms with Gasteiger partial charge in [-0.2, -0.15) is 0 Å². The van der Waals surface area contributed by atoms with Crippen molar-refractivity contribution >= 4 is 11.9 Å². The molecule has 0 bridgehead atoms. The average molecular weight is 293 g/mol. The molecule has 3 amide bonds. The van der Waals surface area contributed by atoms with Crippen molar-refractivity contribution in [1.82, 2.24) is 16.0 Å². The van der Waals surface area contributed by atoms with Gasteiger partial charge in [-0.1, -0.05) is 12.1 Å². The Kier molecular flexibility index (Phi) is 5.25. The maximum atomic E-state index is 11.5. The molecule has 2 rings (SSSR count). The Morgan fingerprint density at radius 1 is 1.14 bits per heavy atom. The molecule has 0 radical (unpaired) electrons. The number of nitrogens with one attached hydrogen (secondary N) is 3. The van der Waals surface area contributed by atoms with E-state index in [4.69, 9.17) is 9.47 Å². The van der Waals surface area contributed by atoms with E-state index in [9.17, 15) is 9.59 Å². The Morgan fingerprint density at radius 2 is 1.86 bits per heavy atom. The van der Waals surface area contributed by atoms with Crippen molar-refractivity contribution in [3.05, 3.63) is 24.3 Å². The van der Waals surface area contributed by atoms with Gasteiger partial charge in [-0.05, 0) is 12.1 Å². The molecule has 1 atom stereocenters. The van der Waals surface area contributed by atoms with E-state index < -0.39 is 0 Å². The first-order valence-electron chi connectivity index (χ1n) is 6.80. The van der Waals surface area contributed by atoms with Crippen molar-refractivity contribution < 1.29 is 19.1 Å². The first kappa shape index (κ1) is 15.0. The Labute approximate surface area is 123 Å². The number of fused-ring (bicyclic) bond motifs is 1. The summed E-state index contributed by atoms with van der Waals surface area (Å²) in [5.74, 6) is 1.28. The fourth-order valence-electron chi connectivity index (χ4n) is 1.85. The summed E-state index contributed by atoms with van der Waals surface area (Å²) in [5.41, 5.74) is 0. The second-order valence-corrected chi connectivity index (χ2v) is 4.62. The van der Waals surface area contributed by atoms with Gasteiger partial charge in [0.1, 0.15) is 6.61 Å². The Bertz CT molecular complexity index is 507. The lowest BCUT2D eigenvalue weighted by molar-refractivity contribution is -0.118. The van der Waals surface area contributed by atoms with Crippen molar-refractivity contribution in [1.29, 1.82) is 0 Å². The molecule has 7 nitrogen and oxygen atoms in total. The third-order valence-corrected chi connectivity index (χ3v) is 2.84. The SMILES string of the molecule is CC(=O)NCCNC(=O)NCC1COc2ccccc2O1. The van der Waals surface area contributed by atoms with Crippen LogP contribution in [0.4, 0.5) is 4.79 Å². The number of carbonyl (C=O) groups is 2. The van der Waals surface area contributed by atoms with Crippen LogP contribution < -0.4 is 25.4 Å². The van der Waals surface area contributed by atoms with Crippen molar-refractivity contribution in [3.8, 4) is 11.5 Å². The van der Waals surface area contributed by atoms with Crippen LogP contribution in [0.2, 0.25) is 0 Å². The van der Waals surface area contributed by atoms with Crippen molar-refractivity contribution in [2.75, 3.05) is 26.2 Å². The minimum Gasteiger partial charge on any atom is -0.486 e. The van der Waals surface area contributed by atoms with E-state index in [1.807, 2.05) is 24.3 Å². The molecule has 3 N–H and O–H groups in total. The van der Waals surface area contributed by atoms with Crippen LogP contribution in [0.5, 0.6) is 11.5 Å². The number of benzene rings is 1. The van der Waals surface area contributed by atoms with Gasteiger partial charge in [-0.3, -0.25) is 4.79 Å². The van der Waals surface area contributed by atoms with Crippen molar-refractivity contribution in [2.45, 2.75) is 13.0 Å². The predicted molar refractivity (Wildman–Crippen MR) is 76.4 cm³/mol. The van der Waals surface area contributed by atoms with Crippen LogP contribution in [0.3, 0.4) is 0 Å². The molecule has 114 valence electrons. The zero-order chi connectivity index (χ0) is 15.1. The largest absolute Gasteiger partial charge is 0.486 e. The van der Waals surface area contributed by atoms with Crippen LogP contribution in [0, 0.1) is 0 Å². The van der Waals surface area contributed by atoms with Gasteiger partial charge in [0.2, 0.25) is 5.91 Å². The molecule has 0 aliphatic carbocycles. The van der Waals surface area contributed by atoms with E-state index in [0.717, 1.165) is 0 Å². The molecule has 0 fully saturated rings. The van der Waals surface area contributed by atoms with E-state index in [-0.39, 0.29) is 18.0 Å². The summed E-state index contributed by atoms with van der Waals surface area (Å²) in [5, 5.41) is 7.93. The van der Waals surface area contributed by atoms with Gasteiger partial charge in [0.05, 0.1) is 6.54 Å². The minimum absolute atomic E-state index is 0.122. The number of ether oxygens (including phenoxy) is 2. The monoisotopic (exact) mass is 293 g/mol. The molecule has 1 aromatic carbocycles. The first-order valence-corrected chi connectivity index (χ1v) is 6.80. The third-order valence-electron chi connectivity index (χ3n) is 2.84. The topological polar surface area (TPSA) is 88.7 Å². The van der Waals surface area contributed by atoms with E-state index in [2.05, 4.69) is 16.0 Å². The van der Waals surface area contributed by atoms with Gasteiger partial charge in [-0.25, -0.2) is 4.79 Å². The van der Waals surface area contributed by atoms with Gasteiger partial charge < -0.3 is 25.4 Å². The molecule has 21 heavy (non-hydrogen) atoms. The Balaban J connectivity index is 1.65. The zero-order valence-electron chi connectivity index (χ0n) is 11.8. The first-order chi connectivity index (χ1) is 10.1. The van der Waals surface area contributed by atoms with Gasteiger partial charge in [0.15, 0.2) is 17.6 Å². The van der Waals surface area contributed by atoms with Gasteiger partial charge in [-0.15, -0.1) is 0 Å². The van der Waals surface area contributed by atoms with E-state index in [0.29, 0.717) is 37.7 Å². The smallest absolute Gasteiger partial charge is 0.314 e. The van der Waals surface area contributed by atoms with Crippen LogP contribution in [-0.4, -0.2) is 44.3 Å². The second-order valence-electron chi connectivity index (χ2n) is 4.62. The van der Waals surface area contributed by atoms with Gasteiger partial charge in [0, 0.05) is 20.0 Å². The molecule has 0 saturated heterocycles. The van der Waals surface area contributed by atoms with E-state index in [1.165, 1.54) is 6.92 Å². The fourth-order valence-corrected chi connectivity index (χ4v) is 1.85. The standard InChI is InChI=1S/C14H19N3O4/c1-10(18)15-6-7-16-14(19)17-8-11-9-20-12-4-2-3-5-13(12)21-11/h2-5,11H,6-9H2,1H3,(H,15,18)(H2,16,17,19). The normalized spacial score (nSPS) is 16.0. The maximum Gasteiger partial charge on any atom is 0.314 e. The second kappa shape index (κ2) is 7.37. The molecule has 1 unspecified atom stereocenters. The highest BCUT2D eigenvalue weighted by Crippen LogP contribution is 2.30. The molecule has 1 aliphatic heterocycles. The molecule has 0 spiro atoms. The summed E-state index contributed by atoms with van der Waals surface area (Å²) in [6.45, 7) is 2.94. The number of hydrogen-bond acceptors (Lipinski definition) is 4. The molecule has 1 heterocycles. The van der Waals surface area contributed by atoms with Crippen LogP contribution in [0.15, 0.2) is 24.3 Å². The van der Waals surface area contributed by atoms with Crippen LogP contribution in [0.25, 0.3) is 0 Å². The Morgan fingerprint density at radius 3 is 2.62 bits per heavy atom. The number of rotatable bonds is 5. The molecule has 7 heteroatoms. The fraction of sp³-hybridized carbons (Fsp3) is 0.429. The van der Waals surface area contributed by atoms with Crippen LogP contribution in [-0.2, 0) is 4.79 Å². The van der Waals surface area contributed by atoms with E-state index >= 15 is 0 Å². The van der Waals surface area contributed by atoms with Crippen LogP contribution in [0.1, 0.15) is 6.92 Å². The van der Waals surface area contributed by atoms with Crippen molar-refractivity contribution in [3.63, 3.8) is 0 Å². The lowest BCUT2D eigenvalue weighted by Gasteiger charge is -2.26. The van der Waals surface area contributed by atoms with Crippen LogP contribution >= 0.6 is 0 Å². The summed E-state index contributed by atoms with van der Waals surface area (Å²) in [7, 11) is 0. The summed E-state index contributed by atoms with van der Waals surface area (Å²) in [6, 6.07) is 7.11. The maximum absolute atomic E-state index is 11.5. The molecule has 1 aliphatic rings. The average Bonchev–Trinajstić information content (AvgIpc) is 2.49. The lowest BCUT2D eigenvalue weighted by Crippen LogP contribution is -2.45. The highest BCUT2D eigenvalue weighted by molar-refractivity contribution is 5.74. The predicted octanol–water partition coefficient (Wildman–Crippen LogP) is 0.262. The summed E-state index contributed by atoms with van der Waals surface area (Å²) < 4.78 is 11.3. The number of urea groups is 1. The quantitative estimate of drug-likeness (QED) is 0.680. The van der Waals surface area contributed by atoms with Gasteiger partial charge in [0.25, 0.3) is 0 Å². The zero-order valence-corrected chi connectivity index (χ0v) is 11.8. The molecular formula is C14H19N3O4. The third kappa shape index (κ3) is 4.87. The summed E-state index contributed by atoms with van der Waals surface area (Å²) >= 11 is 0. The number of amides is 3. The highest BCUT2D eigenvalue weighted by atomic mass is 16.6. The lowest BCUT2D eigenvalue weighted by atomic mass is 10.2. The van der Waals surface area contributed by atoms with E-state index in [1.54, 1.807) is 0 Å². The number of hydrogen-bond donors (Lipinski definition) is 3. The molecular weight excluding hydrogens is 274 g/mol. The highest BCUT2D eigenvalue weighted by Gasteiger charge is 2.20. The summed E-state index contributed by atoms with van der Waals surface area (Å²) in [6.07, 6.45) is -0.221. The number of para-hydroxylation sites is 2. The Hall–Kier alpha value is -2.44. The minimum atomic E-state index is -0.303. The molecule has 0 saturated carbocycles. The van der Waals surface area contributed by atoms with Crippen molar-refractivity contribution in [2.24, 2.45) is 0 Å². The molecule has 1 aromatic rings. The molecule has 0 aromatic heterocycles. The summed E-state index contributed by atoms with van der Waals surface area (Å²) in [4.78, 5) is 22.2. The number of carbonyl (C=O) groups excluding carboxylic acids is 2.